The highest BCUT2D eigenvalue weighted by molar-refractivity contribution is 7.92. The van der Waals surface area contributed by atoms with Crippen molar-refractivity contribution in [3.63, 3.8) is 0 Å². The molecular weight excluding hydrogens is 436 g/mol. The average molecular weight is 459 g/mol. The highest BCUT2D eigenvalue weighted by Gasteiger charge is 2.15. The lowest BCUT2D eigenvalue weighted by molar-refractivity contribution is 0.0940. The molecule has 0 aliphatic carbocycles. The maximum absolute atomic E-state index is 12.5. The molecule has 0 aromatic heterocycles. The Bertz CT molecular complexity index is 1270. The van der Waals surface area contributed by atoms with Crippen LogP contribution in [0, 0.1) is 0 Å². The molecule has 9 heteroatoms. The molecular formula is C22H22N2O5S2. The Morgan fingerprint density at radius 3 is 1.90 bits per heavy atom. The van der Waals surface area contributed by atoms with Crippen molar-refractivity contribution < 1.29 is 21.6 Å². The zero-order chi connectivity index (χ0) is 22.6. The molecule has 0 unspecified atom stereocenters. The van der Waals surface area contributed by atoms with Crippen molar-refractivity contribution in [3.8, 4) is 0 Å². The number of amides is 1. The summed E-state index contributed by atoms with van der Waals surface area (Å²) in [6.45, 7) is 1.79. The van der Waals surface area contributed by atoms with Crippen LogP contribution in [0.4, 0.5) is 5.69 Å². The van der Waals surface area contributed by atoms with Crippen molar-refractivity contribution in [2.75, 3.05) is 11.0 Å². The summed E-state index contributed by atoms with van der Waals surface area (Å²) >= 11 is 0. The molecule has 7 nitrogen and oxygen atoms in total. The number of sulfone groups is 1. The van der Waals surface area contributed by atoms with Gasteiger partial charge < -0.3 is 5.32 Å². The SMILES string of the molecule is C[C@@H](NC(=O)c1ccc(NS(=O)(=O)c2ccccc2)cc1)c1ccc(S(C)(=O)=O)cc1. The predicted octanol–water partition coefficient (Wildman–Crippen LogP) is 3.38. The van der Waals surface area contributed by atoms with E-state index in [9.17, 15) is 21.6 Å². The van der Waals surface area contributed by atoms with Crippen LogP contribution < -0.4 is 10.0 Å². The second kappa shape index (κ2) is 8.91. The van der Waals surface area contributed by atoms with E-state index >= 15 is 0 Å². The highest BCUT2D eigenvalue weighted by Crippen LogP contribution is 2.19. The molecule has 0 aliphatic rings. The lowest BCUT2D eigenvalue weighted by Gasteiger charge is -2.15. The molecule has 162 valence electrons. The Kier molecular flexibility index (Phi) is 6.47. The fourth-order valence-corrected chi connectivity index (χ4v) is 4.58. The summed E-state index contributed by atoms with van der Waals surface area (Å²) in [5.41, 5.74) is 1.46. The summed E-state index contributed by atoms with van der Waals surface area (Å²) in [5.74, 6) is -0.336. The molecule has 3 rings (SSSR count). The Morgan fingerprint density at radius 1 is 0.774 bits per heavy atom. The van der Waals surface area contributed by atoms with Gasteiger partial charge in [-0.2, -0.15) is 0 Å². The smallest absolute Gasteiger partial charge is 0.261 e. The number of rotatable bonds is 7. The molecule has 0 fully saturated rings. The first-order valence-electron chi connectivity index (χ1n) is 9.35. The van der Waals surface area contributed by atoms with Gasteiger partial charge in [-0.05, 0) is 61.0 Å². The summed E-state index contributed by atoms with van der Waals surface area (Å²) < 4.78 is 50.4. The Hall–Kier alpha value is -3.17. The molecule has 0 spiro atoms. The second-order valence-corrected chi connectivity index (χ2v) is 10.7. The number of hydrogen-bond donors (Lipinski definition) is 2. The predicted molar refractivity (Wildman–Crippen MR) is 119 cm³/mol. The van der Waals surface area contributed by atoms with Crippen molar-refractivity contribution >= 4 is 31.5 Å². The quantitative estimate of drug-likeness (QED) is 0.564. The number of nitrogens with one attached hydrogen (secondary N) is 2. The van der Waals surface area contributed by atoms with Gasteiger partial charge in [0, 0.05) is 17.5 Å². The van der Waals surface area contributed by atoms with Crippen molar-refractivity contribution in [3.05, 3.63) is 90.0 Å². The van der Waals surface area contributed by atoms with Gasteiger partial charge in [-0.3, -0.25) is 9.52 Å². The van der Waals surface area contributed by atoms with E-state index in [4.69, 9.17) is 0 Å². The van der Waals surface area contributed by atoms with E-state index in [1.165, 1.54) is 48.5 Å². The number of carbonyl (C=O) groups excluding carboxylic acids is 1. The Morgan fingerprint density at radius 2 is 1.35 bits per heavy atom. The Labute approximate surface area is 182 Å². The van der Waals surface area contributed by atoms with E-state index in [-0.39, 0.29) is 21.7 Å². The molecule has 0 radical (unpaired) electrons. The molecule has 3 aromatic rings. The van der Waals surface area contributed by atoms with Crippen LogP contribution in [0.15, 0.2) is 88.7 Å². The number of hydrogen-bond acceptors (Lipinski definition) is 5. The summed E-state index contributed by atoms with van der Waals surface area (Å²) in [4.78, 5) is 12.9. The van der Waals surface area contributed by atoms with E-state index in [1.54, 1.807) is 37.3 Å². The lowest BCUT2D eigenvalue weighted by atomic mass is 10.1. The number of anilines is 1. The monoisotopic (exact) mass is 458 g/mol. The Balaban J connectivity index is 1.66. The maximum atomic E-state index is 12.5. The van der Waals surface area contributed by atoms with Gasteiger partial charge in [-0.15, -0.1) is 0 Å². The molecule has 1 atom stereocenters. The van der Waals surface area contributed by atoms with Crippen LogP contribution in [-0.4, -0.2) is 29.0 Å². The third kappa shape index (κ3) is 5.71. The fraction of sp³-hybridized carbons (Fsp3) is 0.136. The van der Waals surface area contributed by atoms with E-state index < -0.39 is 19.9 Å². The highest BCUT2D eigenvalue weighted by atomic mass is 32.2. The minimum absolute atomic E-state index is 0.146. The molecule has 3 aromatic carbocycles. The molecule has 0 heterocycles. The zero-order valence-electron chi connectivity index (χ0n) is 16.9. The van der Waals surface area contributed by atoms with Crippen LogP contribution in [0.1, 0.15) is 28.9 Å². The third-order valence-corrected chi connectivity index (χ3v) is 7.13. The maximum Gasteiger partial charge on any atom is 0.261 e. The van der Waals surface area contributed by atoms with Crippen LogP contribution in [0.3, 0.4) is 0 Å². The average Bonchev–Trinajstić information content (AvgIpc) is 2.74. The van der Waals surface area contributed by atoms with Gasteiger partial charge in [-0.25, -0.2) is 16.8 Å². The molecule has 31 heavy (non-hydrogen) atoms. The van der Waals surface area contributed by atoms with Gasteiger partial charge in [0.05, 0.1) is 15.8 Å². The van der Waals surface area contributed by atoms with Gasteiger partial charge in [-0.1, -0.05) is 30.3 Å². The minimum Gasteiger partial charge on any atom is -0.346 e. The first-order valence-corrected chi connectivity index (χ1v) is 12.7. The van der Waals surface area contributed by atoms with Crippen LogP contribution in [0.5, 0.6) is 0 Å². The largest absolute Gasteiger partial charge is 0.346 e. The fourth-order valence-electron chi connectivity index (χ4n) is 2.87. The second-order valence-electron chi connectivity index (χ2n) is 7.03. The first-order chi connectivity index (χ1) is 14.6. The van der Waals surface area contributed by atoms with Gasteiger partial charge in [0.15, 0.2) is 9.84 Å². The van der Waals surface area contributed by atoms with Gasteiger partial charge in [0.2, 0.25) is 0 Å². The van der Waals surface area contributed by atoms with Crippen LogP contribution in [0.25, 0.3) is 0 Å². The van der Waals surface area contributed by atoms with Gasteiger partial charge in [0.1, 0.15) is 0 Å². The summed E-state index contributed by atoms with van der Waals surface area (Å²) in [5, 5.41) is 2.84. The molecule has 0 bridgehead atoms. The molecule has 0 aliphatic heterocycles. The van der Waals surface area contributed by atoms with Crippen molar-refractivity contribution in [1.29, 1.82) is 0 Å². The van der Waals surface area contributed by atoms with Gasteiger partial charge >= 0.3 is 0 Å². The van der Waals surface area contributed by atoms with Crippen LogP contribution in [0.2, 0.25) is 0 Å². The molecule has 0 saturated carbocycles. The summed E-state index contributed by atoms with van der Waals surface area (Å²) in [6, 6.07) is 20.0. The topological polar surface area (TPSA) is 109 Å². The van der Waals surface area contributed by atoms with Crippen LogP contribution in [-0.2, 0) is 19.9 Å². The van der Waals surface area contributed by atoms with Crippen molar-refractivity contribution in [2.24, 2.45) is 0 Å². The standard InChI is InChI=1S/C22H22N2O5S2/c1-16(17-10-14-20(15-11-17)30(2,26)27)23-22(25)18-8-12-19(13-9-18)24-31(28,29)21-6-4-3-5-7-21/h3-16,24H,1-2H3,(H,23,25)/t16-/m1/s1. The van der Waals surface area contributed by atoms with E-state index in [2.05, 4.69) is 10.0 Å². The minimum atomic E-state index is -3.71. The lowest BCUT2D eigenvalue weighted by Crippen LogP contribution is -2.26. The van der Waals surface area contributed by atoms with Crippen molar-refractivity contribution in [2.45, 2.75) is 22.8 Å². The van der Waals surface area contributed by atoms with Crippen molar-refractivity contribution in [1.82, 2.24) is 5.32 Å². The van der Waals surface area contributed by atoms with Gasteiger partial charge in [0.25, 0.3) is 15.9 Å². The van der Waals surface area contributed by atoms with E-state index in [0.29, 0.717) is 11.3 Å². The molecule has 2 N–H and O–H groups in total. The van der Waals surface area contributed by atoms with E-state index in [0.717, 1.165) is 11.8 Å². The molecule has 0 saturated heterocycles. The number of benzene rings is 3. The summed E-state index contributed by atoms with van der Waals surface area (Å²) in [6.07, 6.45) is 1.14. The normalized spacial score (nSPS) is 12.7. The zero-order valence-corrected chi connectivity index (χ0v) is 18.6. The summed E-state index contributed by atoms with van der Waals surface area (Å²) in [7, 11) is -6.99. The number of sulfonamides is 1. The van der Waals surface area contributed by atoms with E-state index in [1.807, 2.05) is 0 Å². The third-order valence-electron chi connectivity index (χ3n) is 4.61. The van der Waals surface area contributed by atoms with Crippen LogP contribution >= 0.6 is 0 Å². The number of carbonyl (C=O) groups is 1. The first kappa shape index (κ1) is 22.5. The molecule has 1 amide bonds.